The predicted molar refractivity (Wildman–Crippen MR) is 72.2 cm³/mol. The molecule has 0 aromatic rings. The standard InChI is InChI=1S/C12H24N2O2S/c1-16-10(8-13)11(15)14-9-12(17-2)6-4-3-5-7-12/h10H,3-9,13H2,1-2H3,(H,14,15). The molecule has 100 valence electrons. The molecule has 1 aliphatic rings. The molecule has 0 bridgehead atoms. The van der Waals surface area contributed by atoms with Crippen LogP contribution in [0.2, 0.25) is 0 Å². The summed E-state index contributed by atoms with van der Waals surface area (Å²) in [4.78, 5) is 11.8. The van der Waals surface area contributed by atoms with Gasteiger partial charge in [0.25, 0.3) is 0 Å². The molecule has 0 aromatic carbocycles. The van der Waals surface area contributed by atoms with E-state index in [2.05, 4.69) is 11.6 Å². The van der Waals surface area contributed by atoms with Crippen LogP contribution in [0, 0.1) is 0 Å². The Balaban J connectivity index is 2.44. The topological polar surface area (TPSA) is 64.3 Å². The highest BCUT2D eigenvalue weighted by atomic mass is 32.2. The molecule has 0 spiro atoms. The summed E-state index contributed by atoms with van der Waals surface area (Å²) in [6.45, 7) is 0.960. The zero-order chi connectivity index (χ0) is 12.7. The number of nitrogens with one attached hydrogen (secondary N) is 1. The van der Waals surface area contributed by atoms with Gasteiger partial charge in [-0.2, -0.15) is 11.8 Å². The molecule has 0 saturated heterocycles. The van der Waals surface area contributed by atoms with Gasteiger partial charge in [-0.1, -0.05) is 19.3 Å². The fraction of sp³-hybridized carbons (Fsp3) is 0.917. The first-order valence-corrected chi connectivity index (χ1v) is 7.45. The lowest BCUT2D eigenvalue weighted by atomic mass is 9.88. The second kappa shape index (κ2) is 7.24. The highest BCUT2D eigenvalue weighted by Gasteiger charge is 2.32. The summed E-state index contributed by atoms with van der Waals surface area (Å²) in [6.07, 6.45) is 7.84. The van der Waals surface area contributed by atoms with Gasteiger partial charge in [0.05, 0.1) is 0 Å². The van der Waals surface area contributed by atoms with Gasteiger partial charge >= 0.3 is 0 Å². The van der Waals surface area contributed by atoms with Crippen LogP contribution in [-0.2, 0) is 9.53 Å². The number of carbonyl (C=O) groups is 1. The largest absolute Gasteiger partial charge is 0.370 e. The van der Waals surface area contributed by atoms with Crippen LogP contribution in [0.1, 0.15) is 32.1 Å². The fourth-order valence-corrected chi connectivity index (χ4v) is 3.23. The van der Waals surface area contributed by atoms with Crippen molar-refractivity contribution in [3.8, 4) is 0 Å². The molecule has 1 atom stereocenters. The zero-order valence-electron chi connectivity index (χ0n) is 10.8. The number of methoxy groups -OCH3 is 1. The SMILES string of the molecule is COC(CN)C(=O)NCC1(SC)CCCCC1. The Bertz CT molecular complexity index is 239. The highest BCUT2D eigenvalue weighted by molar-refractivity contribution is 8.00. The third kappa shape index (κ3) is 4.16. The molecule has 17 heavy (non-hydrogen) atoms. The summed E-state index contributed by atoms with van der Waals surface area (Å²) in [5.74, 6) is -0.0889. The maximum Gasteiger partial charge on any atom is 0.250 e. The molecular weight excluding hydrogens is 236 g/mol. The molecule has 1 rings (SSSR count). The van der Waals surface area contributed by atoms with Gasteiger partial charge in [-0.15, -0.1) is 0 Å². The molecule has 0 radical (unpaired) electrons. The van der Waals surface area contributed by atoms with Gasteiger partial charge in [-0.3, -0.25) is 4.79 Å². The molecule has 1 unspecified atom stereocenters. The van der Waals surface area contributed by atoms with E-state index < -0.39 is 6.10 Å². The summed E-state index contributed by atoms with van der Waals surface area (Å²) in [5, 5.41) is 2.98. The summed E-state index contributed by atoms with van der Waals surface area (Å²) in [5.41, 5.74) is 5.47. The predicted octanol–water partition coefficient (Wildman–Crippen LogP) is 1.14. The number of ether oxygens (including phenoxy) is 1. The van der Waals surface area contributed by atoms with Gasteiger partial charge in [-0.25, -0.2) is 0 Å². The zero-order valence-corrected chi connectivity index (χ0v) is 11.6. The van der Waals surface area contributed by atoms with Gasteiger partial charge in [0.1, 0.15) is 6.10 Å². The van der Waals surface area contributed by atoms with Crippen LogP contribution < -0.4 is 11.1 Å². The van der Waals surface area contributed by atoms with Crippen molar-refractivity contribution in [1.82, 2.24) is 5.32 Å². The van der Waals surface area contributed by atoms with E-state index >= 15 is 0 Å². The van der Waals surface area contributed by atoms with Crippen LogP contribution in [0.15, 0.2) is 0 Å². The second-order valence-corrected chi connectivity index (χ2v) is 5.90. The number of hydrogen-bond acceptors (Lipinski definition) is 4. The molecule has 1 saturated carbocycles. The first-order chi connectivity index (χ1) is 8.17. The molecule has 1 amide bonds. The van der Waals surface area contributed by atoms with Gasteiger partial charge < -0.3 is 15.8 Å². The van der Waals surface area contributed by atoms with E-state index in [1.165, 1.54) is 39.2 Å². The fourth-order valence-electron chi connectivity index (χ4n) is 2.32. The Hall–Kier alpha value is -0.260. The van der Waals surface area contributed by atoms with Crippen molar-refractivity contribution >= 4 is 17.7 Å². The Morgan fingerprint density at radius 1 is 1.47 bits per heavy atom. The Labute approximate surface area is 108 Å². The third-order valence-electron chi connectivity index (χ3n) is 3.57. The van der Waals surface area contributed by atoms with Crippen LogP contribution in [0.25, 0.3) is 0 Å². The highest BCUT2D eigenvalue weighted by Crippen LogP contribution is 2.37. The van der Waals surface area contributed by atoms with E-state index in [-0.39, 0.29) is 17.2 Å². The number of nitrogens with two attached hydrogens (primary N) is 1. The normalized spacial score (nSPS) is 20.9. The molecule has 1 fully saturated rings. The molecule has 3 N–H and O–H groups in total. The van der Waals surface area contributed by atoms with Gasteiger partial charge in [-0.05, 0) is 19.1 Å². The summed E-state index contributed by atoms with van der Waals surface area (Å²) in [6, 6.07) is 0. The van der Waals surface area contributed by atoms with Crippen molar-refractivity contribution in [2.24, 2.45) is 5.73 Å². The van der Waals surface area contributed by atoms with Crippen molar-refractivity contribution in [2.75, 3.05) is 26.5 Å². The Morgan fingerprint density at radius 3 is 2.59 bits per heavy atom. The minimum Gasteiger partial charge on any atom is -0.370 e. The maximum absolute atomic E-state index is 11.8. The molecule has 1 aliphatic carbocycles. The molecule has 0 aromatic heterocycles. The summed E-state index contributed by atoms with van der Waals surface area (Å²) in [7, 11) is 1.52. The average molecular weight is 260 g/mol. The number of rotatable bonds is 6. The molecular formula is C12H24N2O2S. The number of amides is 1. The first-order valence-electron chi connectivity index (χ1n) is 6.23. The summed E-state index contributed by atoms with van der Waals surface area (Å²) < 4.78 is 5.25. The van der Waals surface area contributed by atoms with Crippen LogP contribution in [-0.4, -0.2) is 43.2 Å². The van der Waals surface area contributed by atoms with Crippen molar-refractivity contribution in [3.63, 3.8) is 0 Å². The number of hydrogen-bond donors (Lipinski definition) is 2. The van der Waals surface area contributed by atoms with Crippen molar-refractivity contribution in [1.29, 1.82) is 0 Å². The van der Waals surface area contributed by atoms with Crippen LogP contribution in [0.3, 0.4) is 0 Å². The van der Waals surface area contributed by atoms with Crippen molar-refractivity contribution in [3.05, 3.63) is 0 Å². The lowest BCUT2D eigenvalue weighted by Crippen LogP contribution is -2.47. The number of thioether (sulfide) groups is 1. The summed E-state index contributed by atoms with van der Waals surface area (Å²) >= 11 is 1.88. The van der Waals surface area contributed by atoms with Crippen molar-refractivity contribution < 1.29 is 9.53 Å². The van der Waals surface area contributed by atoms with Crippen LogP contribution in [0.4, 0.5) is 0 Å². The lowest BCUT2D eigenvalue weighted by molar-refractivity contribution is -0.130. The van der Waals surface area contributed by atoms with Crippen LogP contribution in [0.5, 0.6) is 0 Å². The Kier molecular flexibility index (Phi) is 6.30. The van der Waals surface area contributed by atoms with E-state index in [0.29, 0.717) is 0 Å². The van der Waals surface area contributed by atoms with Crippen LogP contribution >= 0.6 is 11.8 Å². The molecule has 5 heteroatoms. The molecule has 0 heterocycles. The number of carbonyl (C=O) groups excluding carboxylic acids is 1. The van der Waals surface area contributed by atoms with E-state index in [4.69, 9.17) is 10.5 Å². The Morgan fingerprint density at radius 2 is 2.12 bits per heavy atom. The van der Waals surface area contributed by atoms with Gasteiger partial charge in [0.15, 0.2) is 0 Å². The van der Waals surface area contributed by atoms with E-state index in [1.807, 2.05) is 11.8 Å². The molecule has 4 nitrogen and oxygen atoms in total. The van der Waals surface area contributed by atoms with E-state index in [0.717, 1.165) is 6.54 Å². The second-order valence-electron chi connectivity index (χ2n) is 4.63. The van der Waals surface area contributed by atoms with Gasteiger partial charge in [0, 0.05) is 24.9 Å². The minimum absolute atomic E-state index is 0.0889. The van der Waals surface area contributed by atoms with E-state index in [9.17, 15) is 4.79 Å². The van der Waals surface area contributed by atoms with Crippen molar-refractivity contribution in [2.45, 2.75) is 43.0 Å². The monoisotopic (exact) mass is 260 g/mol. The average Bonchev–Trinajstić information content (AvgIpc) is 2.39. The first kappa shape index (κ1) is 14.8. The smallest absolute Gasteiger partial charge is 0.250 e. The molecule has 0 aliphatic heterocycles. The maximum atomic E-state index is 11.8. The lowest BCUT2D eigenvalue weighted by Gasteiger charge is -2.36. The third-order valence-corrected chi connectivity index (χ3v) is 4.99. The van der Waals surface area contributed by atoms with E-state index in [1.54, 1.807) is 0 Å². The quantitative estimate of drug-likeness (QED) is 0.752. The minimum atomic E-state index is -0.516. The van der Waals surface area contributed by atoms with Gasteiger partial charge in [0.2, 0.25) is 5.91 Å².